The number of halogens is 3. The Morgan fingerprint density at radius 2 is 1.79 bits per heavy atom. The molecule has 2 aromatic carbocycles. The van der Waals surface area contributed by atoms with Crippen LogP contribution in [0.25, 0.3) is 11.1 Å². The maximum atomic E-state index is 13.1. The summed E-state index contributed by atoms with van der Waals surface area (Å²) in [7, 11) is 5.48. The molecule has 1 amide bonds. The third-order valence-electron chi connectivity index (χ3n) is 5.46. The van der Waals surface area contributed by atoms with Gasteiger partial charge in [-0.3, -0.25) is 9.48 Å². The molecule has 0 radical (unpaired) electrons. The Morgan fingerprint density at radius 1 is 1.05 bits per heavy atom. The van der Waals surface area contributed by atoms with Gasteiger partial charge in [0.05, 0.1) is 28.8 Å². The second-order valence-corrected chi connectivity index (χ2v) is 8.50. The van der Waals surface area contributed by atoms with E-state index in [1.165, 1.54) is 18.3 Å². The number of nitrogens with one attached hydrogen (secondary N) is 3. The Morgan fingerprint density at radius 3 is 2.39 bits per heavy atom. The van der Waals surface area contributed by atoms with Crippen LogP contribution in [0.1, 0.15) is 5.56 Å². The SMILES string of the molecule is C=CC(=O)Nc1ccc(N(C)C)c(Nc2nc(Nc3cnn(C)c3)ncc2-c2ccc(C(F)(F)F)cc2)c1. The molecular formula is C26H25F3N8O. The molecule has 4 aromatic rings. The first-order valence-corrected chi connectivity index (χ1v) is 11.4. The van der Waals surface area contributed by atoms with Crippen molar-refractivity contribution in [2.24, 2.45) is 7.05 Å². The first kappa shape index (κ1) is 26.2. The van der Waals surface area contributed by atoms with E-state index in [1.54, 1.807) is 36.3 Å². The zero-order valence-corrected chi connectivity index (χ0v) is 20.8. The van der Waals surface area contributed by atoms with Gasteiger partial charge < -0.3 is 20.9 Å². The molecule has 9 nitrogen and oxygen atoms in total. The highest BCUT2D eigenvalue weighted by Gasteiger charge is 2.30. The molecule has 0 atom stereocenters. The number of aryl methyl sites for hydroxylation is 1. The molecule has 0 spiro atoms. The highest BCUT2D eigenvalue weighted by atomic mass is 19.4. The summed E-state index contributed by atoms with van der Waals surface area (Å²) < 4.78 is 41.0. The molecule has 12 heteroatoms. The molecule has 4 rings (SSSR count). The van der Waals surface area contributed by atoms with E-state index < -0.39 is 11.7 Å². The van der Waals surface area contributed by atoms with Crippen LogP contribution in [0.3, 0.4) is 0 Å². The van der Waals surface area contributed by atoms with Crippen molar-refractivity contribution in [2.45, 2.75) is 6.18 Å². The van der Waals surface area contributed by atoms with Crippen molar-refractivity contribution >= 4 is 40.4 Å². The number of hydrogen-bond donors (Lipinski definition) is 3. The Kier molecular flexibility index (Phi) is 7.33. The van der Waals surface area contributed by atoms with Gasteiger partial charge in [0.2, 0.25) is 11.9 Å². The van der Waals surface area contributed by atoms with Crippen molar-refractivity contribution in [2.75, 3.05) is 34.9 Å². The van der Waals surface area contributed by atoms with Crippen molar-refractivity contribution < 1.29 is 18.0 Å². The van der Waals surface area contributed by atoms with Crippen molar-refractivity contribution in [3.8, 4) is 11.1 Å². The third-order valence-corrected chi connectivity index (χ3v) is 5.46. The van der Waals surface area contributed by atoms with E-state index in [-0.39, 0.29) is 11.9 Å². The van der Waals surface area contributed by atoms with Crippen LogP contribution in [0.15, 0.2) is 73.7 Å². The number of benzene rings is 2. The third kappa shape index (κ3) is 6.09. The molecule has 0 saturated carbocycles. The second kappa shape index (κ2) is 10.6. The monoisotopic (exact) mass is 522 g/mol. The van der Waals surface area contributed by atoms with Gasteiger partial charge in [0.25, 0.3) is 0 Å². The Balaban J connectivity index is 1.78. The summed E-state index contributed by atoms with van der Waals surface area (Å²) in [6, 6.07) is 10.0. The fourth-order valence-corrected chi connectivity index (χ4v) is 3.63. The zero-order chi connectivity index (χ0) is 27.4. The van der Waals surface area contributed by atoms with Gasteiger partial charge >= 0.3 is 6.18 Å². The van der Waals surface area contributed by atoms with Crippen LogP contribution in [0.4, 0.5) is 47.7 Å². The number of amides is 1. The molecule has 2 aromatic heterocycles. The van der Waals surface area contributed by atoms with E-state index in [1.807, 2.05) is 25.1 Å². The summed E-state index contributed by atoms with van der Waals surface area (Å²) in [6.45, 7) is 3.47. The molecule has 0 aliphatic carbocycles. The van der Waals surface area contributed by atoms with Crippen molar-refractivity contribution in [1.29, 1.82) is 0 Å². The summed E-state index contributed by atoms with van der Waals surface area (Å²) in [5.74, 6) is 0.212. The number of aromatic nitrogens is 4. The van der Waals surface area contributed by atoms with Crippen molar-refractivity contribution in [1.82, 2.24) is 19.7 Å². The molecule has 38 heavy (non-hydrogen) atoms. The largest absolute Gasteiger partial charge is 0.416 e. The standard InChI is InChI=1S/C26H25F3N8O/c1-5-23(38)32-18-10-11-22(36(2)3)21(12-18)34-24-20(16-6-8-17(9-7-16)26(27,28)29)14-30-25(35-24)33-19-13-31-37(4)15-19/h5-15H,1H2,2-4H3,(H,32,38)(H2,30,33,34,35). The van der Waals surface area contributed by atoms with Gasteiger partial charge in [-0.25, -0.2) is 4.98 Å². The van der Waals surface area contributed by atoms with Crippen LogP contribution in [-0.4, -0.2) is 39.8 Å². The quantitative estimate of drug-likeness (QED) is 0.260. The Labute approximate surface area is 217 Å². The predicted molar refractivity (Wildman–Crippen MR) is 142 cm³/mol. The van der Waals surface area contributed by atoms with Gasteiger partial charge in [0.1, 0.15) is 5.82 Å². The lowest BCUT2D eigenvalue weighted by Crippen LogP contribution is -2.13. The summed E-state index contributed by atoms with van der Waals surface area (Å²) in [6.07, 6.45) is 1.59. The highest BCUT2D eigenvalue weighted by molar-refractivity contribution is 5.99. The van der Waals surface area contributed by atoms with Gasteiger partial charge in [0, 0.05) is 44.8 Å². The molecule has 0 bridgehead atoms. The number of hydrogen-bond acceptors (Lipinski definition) is 7. The smallest absolute Gasteiger partial charge is 0.376 e. The van der Waals surface area contributed by atoms with Gasteiger partial charge in [-0.15, -0.1) is 0 Å². The normalized spacial score (nSPS) is 11.1. The minimum Gasteiger partial charge on any atom is -0.376 e. The summed E-state index contributed by atoms with van der Waals surface area (Å²) >= 11 is 0. The van der Waals surface area contributed by atoms with E-state index in [9.17, 15) is 18.0 Å². The molecule has 0 aliphatic heterocycles. The number of rotatable bonds is 8. The lowest BCUT2D eigenvalue weighted by Gasteiger charge is -2.21. The maximum absolute atomic E-state index is 13.1. The number of nitrogens with zero attached hydrogens (tertiary/aromatic N) is 5. The van der Waals surface area contributed by atoms with Crippen LogP contribution < -0.4 is 20.9 Å². The molecule has 0 saturated heterocycles. The predicted octanol–water partition coefficient (Wildman–Crippen LogP) is 5.57. The van der Waals surface area contributed by atoms with E-state index in [2.05, 4.69) is 37.6 Å². The van der Waals surface area contributed by atoms with Gasteiger partial charge in [-0.1, -0.05) is 18.7 Å². The van der Waals surface area contributed by atoms with Gasteiger partial charge in [-0.05, 0) is 42.0 Å². The van der Waals surface area contributed by atoms with Crippen molar-refractivity contribution in [3.63, 3.8) is 0 Å². The first-order valence-electron chi connectivity index (χ1n) is 11.4. The van der Waals surface area contributed by atoms with Crippen LogP contribution in [0, 0.1) is 0 Å². The highest BCUT2D eigenvalue weighted by Crippen LogP contribution is 2.36. The van der Waals surface area contributed by atoms with Crippen LogP contribution in [0.2, 0.25) is 0 Å². The molecule has 0 aliphatic rings. The second-order valence-electron chi connectivity index (χ2n) is 8.50. The first-order chi connectivity index (χ1) is 18.0. The van der Waals surface area contributed by atoms with Crippen LogP contribution in [-0.2, 0) is 18.0 Å². The van der Waals surface area contributed by atoms with Gasteiger partial charge in [0.15, 0.2) is 0 Å². The molecule has 3 N–H and O–H groups in total. The average Bonchev–Trinajstić information content (AvgIpc) is 3.28. The number of carbonyl (C=O) groups excluding carboxylic acids is 1. The molecule has 2 heterocycles. The van der Waals surface area contributed by atoms with E-state index in [4.69, 9.17) is 0 Å². The topological polar surface area (TPSA) is 100 Å². The van der Waals surface area contributed by atoms with E-state index in [0.29, 0.717) is 34.0 Å². The number of anilines is 6. The lowest BCUT2D eigenvalue weighted by molar-refractivity contribution is -0.137. The minimum absolute atomic E-state index is 0.249. The molecular weight excluding hydrogens is 497 g/mol. The zero-order valence-electron chi connectivity index (χ0n) is 20.8. The van der Waals surface area contributed by atoms with Crippen LogP contribution in [0.5, 0.6) is 0 Å². The Bertz CT molecular complexity index is 1460. The Hall–Kier alpha value is -4.87. The van der Waals surface area contributed by atoms with E-state index >= 15 is 0 Å². The molecule has 0 fully saturated rings. The fraction of sp³-hybridized carbons (Fsp3) is 0.154. The maximum Gasteiger partial charge on any atom is 0.416 e. The van der Waals surface area contributed by atoms with Crippen LogP contribution >= 0.6 is 0 Å². The molecule has 0 unspecified atom stereocenters. The number of carbonyl (C=O) groups is 1. The lowest BCUT2D eigenvalue weighted by atomic mass is 10.1. The van der Waals surface area contributed by atoms with Crippen molar-refractivity contribution in [3.05, 3.63) is 79.3 Å². The molecule has 196 valence electrons. The summed E-state index contributed by atoms with van der Waals surface area (Å²) in [5, 5.41) is 13.2. The van der Waals surface area contributed by atoms with E-state index in [0.717, 1.165) is 23.9 Å². The fourth-order valence-electron chi connectivity index (χ4n) is 3.63. The summed E-state index contributed by atoms with van der Waals surface area (Å²) in [4.78, 5) is 22.7. The average molecular weight is 523 g/mol. The number of alkyl halides is 3. The van der Waals surface area contributed by atoms with Gasteiger partial charge in [-0.2, -0.15) is 23.3 Å². The summed E-state index contributed by atoms with van der Waals surface area (Å²) in [5.41, 5.74) is 2.74. The minimum atomic E-state index is -4.45.